The molecule has 0 amide bonds. The number of likely N-dealkylation sites (tertiary alicyclic amines) is 1. The fourth-order valence-corrected chi connectivity index (χ4v) is 2.89. The molecule has 0 bridgehead atoms. The van der Waals surface area contributed by atoms with Crippen molar-refractivity contribution < 1.29 is 9.64 Å². The van der Waals surface area contributed by atoms with E-state index in [-0.39, 0.29) is 0 Å². The van der Waals surface area contributed by atoms with E-state index in [4.69, 9.17) is 16.3 Å². The van der Waals surface area contributed by atoms with Crippen molar-refractivity contribution in [3.63, 3.8) is 0 Å². The van der Waals surface area contributed by atoms with Gasteiger partial charge in [0, 0.05) is 0 Å². The zero-order chi connectivity index (χ0) is 13.3. The molecule has 0 atom stereocenters. The maximum absolute atomic E-state index is 6.05. The molecule has 106 valence electrons. The molecule has 1 aliphatic rings. The molecule has 0 aliphatic carbocycles. The zero-order valence-electron chi connectivity index (χ0n) is 11.7. The maximum Gasteiger partial charge on any atom is 0.137 e. The van der Waals surface area contributed by atoms with Gasteiger partial charge in [-0.15, -0.1) is 0 Å². The van der Waals surface area contributed by atoms with Crippen LogP contribution in [0.3, 0.4) is 0 Å². The largest absolute Gasteiger partial charge is 0.492 e. The minimum atomic E-state index is 0.709. The molecule has 0 unspecified atom stereocenters. The van der Waals surface area contributed by atoms with E-state index in [0.717, 1.165) is 18.8 Å². The summed E-state index contributed by atoms with van der Waals surface area (Å²) in [6.45, 7) is 4.81. The average Bonchev–Trinajstić information content (AvgIpc) is 2.69. The van der Waals surface area contributed by atoms with Gasteiger partial charge in [0.1, 0.15) is 5.75 Å². The van der Waals surface area contributed by atoms with Crippen LogP contribution in [0.2, 0.25) is 5.02 Å². The highest BCUT2D eigenvalue weighted by atomic mass is 35.5. The summed E-state index contributed by atoms with van der Waals surface area (Å²) < 4.78 is 5.71. The third kappa shape index (κ3) is 5.42. The second-order valence-corrected chi connectivity index (χ2v) is 5.81. The predicted octanol–water partition coefficient (Wildman–Crippen LogP) is 2.96. The van der Waals surface area contributed by atoms with Crippen LogP contribution >= 0.6 is 11.6 Å². The molecule has 1 heterocycles. The number of para-hydroxylation sites is 1. The highest BCUT2D eigenvalue weighted by Crippen LogP contribution is 2.23. The van der Waals surface area contributed by atoms with Crippen LogP contribution in [-0.2, 0) is 0 Å². The molecule has 19 heavy (non-hydrogen) atoms. The number of unbranched alkanes of at least 4 members (excludes halogenated alkanes) is 1. The number of nitrogens with one attached hydrogen (secondary N) is 1. The fourth-order valence-electron chi connectivity index (χ4n) is 2.70. The van der Waals surface area contributed by atoms with Crippen molar-refractivity contribution in [2.45, 2.75) is 38.5 Å². The van der Waals surface area contributed by atoms with Gasteiger partial charge in [0.25, 0.3) is 0 Å². The molecule has 1 fully saturated rings. The molecule has 0 saturated carbocycles. The quantitative estimate of drug-likeness (QED) is 0.792. The number of hydrogen-bond donors (Lipinski definition) is 1. The van der Waals surface area contributed by atoms with Crippen LogP contribution in [0, 0.1) is 0 Å². The highest BCUT2D eigenvalue weighted by molar-refractivity contribution is 6.32. The van der Waals surface area contributed by atoms with Gasteiger partial charge in [0.05, 0.1) is 31.3 Å². The van der Waals surface area contributed by atoms with E-state index >= 15 is 0 Å². The summed E-state index contributed by atoms with van der Waals surface area (Å²) in [5.41, 5.74) is 0. The lowest BCUT2D eigenvalue weighted by Crippen LogP contribution is -3.11. The second-order valence-electron chi connectivity index (χ2n) is 5.40. The first kappa shape index (κ1) is 14.7. The molecule has 0 aromatic heterocycles. The SMILES string of the molecule is Clc1ccccc1OCCCC[NH+]1CCCCCC1. The summed E-state index contributed by atoms with van der Waals surface area (Å²) in [5.74, 6) is 0.811. The second kappa shape index (κ2) is 8.44. The number of ether oxygens (including phenoxy) is 1. The molecule has 1 saturated heterocycles. The Bertz CT molecular complexity index is 362. The zero-order valence-corrected chi connectivity index (χ0v) is 12.4. The van der Waals surface area contributed by atoms with Crippen LogP contribution in [0.5, 0.6) is 5.75 Å². The number of benzene rings is 1. The van der Waals surface area contributed by atoms with Gasteiger partial charge in [-0.3, -0.25) is 0 Å². The Morgan fingerprint density at radius 1 is 1.00 bits per heavy atom. The monoisotopic (exact) mass is 282 g/mol. The van der Waals surface area contributed by atoms with E-state index in [1.165, 1.54) is 51.7 Å². The summed E-state index contributed by atoms with van der Waals surface area (Å²) in [6, 6.07) is 7.70. The predicted molar refractivity (Wildman–Crippen MR) is 80.2 cm³/mol. The standard InChI is InChI=1S/C16H24ClNO/c17-15-9-3-4-10-16(15)19-14-8-7-13-18-11-5-1-2-6-12-18/h3-4,9-10H,1-2,5-8,11-14H2/p+1. The number of halogens is 1. The minimum absolute atomic E-state index is 0.709. The van der Waals surface area contributed by atoms with Crippen molar-refractivity contribution in [2.24, 2.45) is 0 Å². The molecular weight excluding hydrogens is 258 g/mol. The maximum atomic E-state index is 6.05. The Morgan fingerprint density at radius 3 is 2.47 bits per heavy atom. The Balaban J connectivity index is 1.58. The van der Waals surface area contributed by atoms with Crippen LogP contribution in [0.15, 0.2) is 24.3 Å². The average molecular weight is 283 g/mol. The van der Waals surface area contributed by atoms with E-state index in [1.807, 2.05) is 24.3 Å². The molecule has 3 heteroatoms. The number of rotatable bonds is 6. The number of hydrogen-bond acceptors (Lipinski definition) is 1. The molecule has 1 aromatic rings. The first-order chi connectivity index (χ1) is 9.36. The molecule has 0 spiro atoms. The van der Waals surface area contributed by atoms with E-state index in [1.54, 1.807) is 4.90 Å². The molecular formula is C16H25ClNO+. The van der Waals surface area contributed by atoms with Crippen molar-refractivity contribution >= 4 is 11.6 Å². The van der Waals surface area contributed by atoms with Crippen molar-refractivity contribution in [1.29, 1.82) is 0 Å². The smallest absolute Gasteiger partial charge is 0.137 e. The molecule has 1 aliphatic heterocycles. The highest BCUT2D eigenvalue weighted by Gasteiger charge is 2.11. The van der Waals surface area contributed by atoms with Gasteiger partial charge in [0.15, 0.2) is 0 Å². The summed E-state index contributed by atoms with van der Waals surface area (Å²) in [4.78, 5) is 1.79. The topological polar surface area (TPSA) is 13.7 Å². The first-order valence-corrected chi connectivity index (χ1v) is 7.95. The van der Waals surface area contributed by atoms with Crippen LogP contribution < -0.4 is 9.64 Å². The first-order valence-electron chi connectivity index (χ1n) is 7.57. The molecule has 1 N–H and O–H groups in total. The van der Waals surface area contributed by atoms with E-state index < -0.39 is 0 Å². The van der Waals surface area contributed by atoms with E-state index in [9.17, 15) is 0 Å². The van der Waals surface area contributed by atoms with Crippen molar-refractivity contribution in [2.75, 3.05) is 26.2 Å². The fraction of sp³-hybridized carbons (Fsp3) is 0.625. The van der Waals surface area contributed by atoms with Gasteiger partial charge in [0.2, 0.25) is 0 Å². The lowest BCUT2D eigenvalue weighted by atomic mass is 10.2. The van der Waals surface area contributed by atoms with Gasteiger partial charge >= 0.3 is 0 Å². The Morgan fingerprint density at radius 2 is 1.74 bits per heavy atom. The molecule has 2 nitrogen and oxygen atoms in total. The summed E-state index contributed by atoms with van der Waals surface area (Å²) in [7, 11) is 0. The lowest BCUT2D eigenvalue weighted by molar-refractivity contribution is -0.899. The van der Waals surface area contributed by atoms with Crippen LogP contribution in [-0.4, -0.2) is 26.2 Å². The van der Waals surface area contributed by atoms with Crippen LogP contribution in [0.1, 0.15) is 38.5 Å². The summed E-state index contributed by atoms with van der Waals surface area (Å²) in [5, 5.41) is 0.709. The van der Waals surface area contributed by atoms with E-state index in [2.05, 4.69) is 0 Å². The van der Waals surface area contributed by atoms with Gasteiger partial charge in [-0.2, -0.15) is 0 Å². The van der Waals surface area contributed by atoms with Gasteiger partial charge in [-0.1, -0.05) is 23.7 Å². The Hall–Kier alpha value is -0.730. The minimum Gasteiger partial charge on any atom is -0.492 e. The summed E-state index contributed by atoms with van der Waals surface area (Å²) >= 11 is 6.05. The van der Waals surface area contributed by atoms with Crippen LogP contribution in [0.4, 0.5) is 0 Å². The Labute approximate surface area is 121 Å². The third-order valence-corrected chi connectivity index (χ3v) is 4.14. The van der Waals surface area contributed by atoms with Crippen molar-refractivity contribution in [3.05, 3.63) is 29.3 Å². The normalized spacial score (nSPS) is 17.1. The van der Waals surface area contributed by atoms with Gasteiger partial charge in [-0.25, -0.2) is 0 Å². The van der Waals surface area contributed by atoms with Crippen molar-refractivity contribution in [1.82, 2.24) is 0 Å². The Kier molecular flexibility index (Phi) is 6.52. The molecule has 2 rings (SSSR count). The third-order valence-electron chi connectivity index (χ3n) is 3.83. The summed E-state index contributed by atoms with van der Waals surface area (Å²) in [6.07, 6.45) is 8.05. The lowest BCUT2D eigenvalue weighted by Gasteiger charge is -2.16. The number of quaternary nitrogens is 1. The van der Waals surface area contributed by atoms with Crippen LogP contribution in [0.25, 0.3) is 0 Å². The van der Waals surface area contributed by atoms with Gasteiger partial charge in [-0.05, 0) is 50.7 Å². The van der Waals surface area contributed by atoms with E-state index in [0.29, 0.717) is 5.02 Å². The molecule has 0 radical (unpaired) electrons. The van der Waals surface area contributed by atoms with Gasteiger partial charge < -0.3 is 9.64 Å². The molecule has 1 aromatic carbocycles. The van der Waals surface area contributed by atoms with Crippen molar-refractivity contribution in [3.8, 4) is 5.75 Å².